The molecule has 182 valence electrons. The average Bonchev–Trinajstić information content (AvgIpc) is 3.28. The van der Waals surface area contributed by atoms with Gasteiger partial charge in [0.2, 0.25) is 5.17 Å². The Labute approximate surface area is 211 Å². The van der Waals surface area contributed by atoms with Crippen LogP contribution in [0.2, 0.25) is 0 Å². The summed E-state index contributed by atoms with van der Waals surface area (Å²) >= 11 is 2.49. The number of ether oxygens (including phenoxy) is 4. The van der Waals surface area contributed by atoms with Gasteiger partial charge < -0.3 is 18.9 Å². The first-order valence-corrected chi connectivity index (χ1v) is 12.7. The van der Waals surface area contributed by atoms with Crippen LogP contribution in [0, 0.1) is 5.41 Å². The first kappa shape index (κ1) is 24.7. The Bertz CT molecular complexity index is 1230. The van der Waals surface area contributed by atoms with Crippen LogP contribution < -0.4 is 18.9 Å². The number of nitrogens with one attached hydrogen (secondary N) is 1. The van der Waals surface area contributed by atoms with Crippen molar-refractivity contribution < 1.29 is 23.7 Å². The van der Waals surface area contributed by atoms with Crippen molar-refractivity contribution in [1.82, 2.24) is 4.90 Å². The van der Waals surface area contributed by atoms with Crippen molar-refractivity contribution >= 4 is 51.9 Å². The van der Waals surface area contributed by atoms with E-state index in [1.807, 2.05) is 37.4 Å². The van der Waals surface area contributed by atoms with E-state index < -0.39 is 5.91 Å². The molecule has 2 heterocycles. The Hall–Kier alpha value is -3.44. The fraction of sp³-hybridized carbons (Fsp3) is 0.250. The van der Waals surface area contributed by atoms with Gasteiger partial charge in [-0.1, -0.05) is 30.0 Å². The van der Waals surface area contributed by atoms with Crippen LogP contribution in [0.25, 0.3) is 6.08 Å². The summed E-state index contributed by atoms with van der Waals surface area (Å²) in [6, 6.07) is 12.8. The number of hydrogen-bond acceptors (Lipinski definition) is 9. The molecule has 9 nitrogen and oxygen atoms in total. The number of thioether (sulfide) groups is 1. The third-order valence-corrected chi connectivity index (χ3v) is 6.38. The Morgan fingerprint density at radius 2 is 1.77 bits per heavy atom. The number of nitrogens with zero attached hydrogens (tertiary/aromatic N) is 3. The van der Waals surface area contributed by atoms with Crippen molar-refractivity contribution in [2.75, 3.05) is 33.2 Å². The van der Waals surface area contributed by atoms with Crippen LogP contribution in [0.5, 0.6) is 23.0 Å². The highest BCUT2D eigenvalue weighted by Gasteiger charge is 2.37. The summed E-state index contributed by atoms with van der Waals surface area (Å²) < 4.78 is 26.9. The van der Waals surface area contributed by atoms with Crippen molar-refractivity contribution in [3.8, 4) is 23.0 Å². The summed E-state index contributed by atoms with van der Waals surface area (Å²) in [5.74, 6) is 1.95. The van der Waals surface area contributed by atoms with E-state index in [0.29, 0.717) is 58.7 Å². The zero-order chi connectivity index (χ0) is 24.8. The number of fused-ring (bicyclic) bond motifs is 1. The second-order valence-electron chi connectivity index (χ2n) is 7.10. The summed E-state index contributed by atoms with van der Waals surface area (Å²) in [4.78, 5) is 18.2. The van der Waals surface area contributed by atoms with Crippen LogP contribution in [-0.2, 0) is 4.79 Å². The minimum absolute atomic E-state index is 0.0462. The number of rotatable bonds is 9. The molecule has 11 heteroatoms. The van der Waals surface area contributed by atoms with Crippen molar-refractivity contribution in [3.05, 3.63) is 53.6 Å². The third kappa shape index (κ3) is 5.46. The van der Waals surface area contributed by atoms with E-state index in [-0.39, 0.29) is 11.4 Å². The number of para-hydroxylation sites is 2. The molecular weight excluding hydrogens is 488 g/mol. The largest absolute Gasteiger partial charge is 0.493 e. The zero-order valence-corrected chi connectivity index (χ0v) is 21.1. The number of methoxy groups -OCH3 is 1. The van der Waals surface area contributed by atoms with E-state index in [9.17, 15) is 4.79 Å². The predicted octanol–water partition coefficient (Wildman–Crippen LogP) is 4.49. The highest BCUT2D eigenvalue weighted by atomic mass is 32.2. The lowest BCUT2D eigenvalue weighted by Gasteiger charge is -2.23. The normalized spacial score (nSPS) is 16.1. The van der Waals surface area contributed by atoms with Crippen LogP contribution in [0.4, 0.5) is 0 Å². The maximum absolute atomic E-state index is 12.6. The second-order valence-corrected chi connectivity index (χ2v) is 8.60. The molecule has 4 rings (SSSR count). The molecule has 1 amide bonds. The van der Waals surface area contributed by atoms with E-state index in [4.69, 9.17) is 24.4 Å². The van der Waals surface area contributed by atoms with E-state index >= 15 is 0 Å². The van der Waals surface area contributed by atoms with Crippen LogP contribution >= 0.6 is 23.7 Å². The van der Waals surface area contributed by atoms with Gasteiger partial charge in [-0.25, -0.2) is 4.90 Å². The maximum Gasteiger partial charge on any atom is 0.283 e. The number of carbonyl (C=O) groups excluding carboxylic acids is 1. The summed E-state index contributed by atoms with van der Waals surface area (Å²) in [6.45, 7) is 2.93. The molecule has 0 saturated heterocycles. The average molecular weight is 513 g/mol. The van der Waals surface area contributed by atoms with Gasteiger partial charge in [-0.15, -0.1) is 0 Å². The van der Waals surface area contributed by atoms with Gasteiger partial charge in [-0.05, 0) is 49.1 Å². The molecule has 2 aliphatic heterocycles. The van der Waals surface area contributed by atoms with Gasteiger partial charge in [0, 0.05) is 0 Å². The molecule has 0 aromatic heterocycles. The zero-order valence-electron chi connectivity index (χ0n) is 19.4. The second kappa shape index (κ2) is 11.3. The Morgan fingerprint density at radius 1 is 1.06 bits per heavy atom. The van der Waals surface area contributed by atoms with Gasteiger partial charge in [-0.2, -0.15) is 9.39 Å². The van der Waals surface area contributed by atoms with Gasteiger partial charge >= 0.3 is 0 Å². The minimum Gasteiger partial charge on any atom is -0.493 e. The van der Waals surface area contributed by atoms with Gasteiger partial charge in [0.15, 0.2) is 28.2 Å². The lowest BCUT2D eigenvalue weighted by atomic mass is 10.1. The molecule has 2 aromatic rings. The first-order chi connectivity index (χ1) is 17.0. The molecular formula is C24H24N4O5S2. The number of amides is 1. The maximum atomic E-state index is 12.6. The molecule has 0 fully saturated rings. The van der Waals surface area contributed by atoms with Gasteiger partial charge in [0.25, 0.3) is 5.91 Å². The van der Waals surface area contributed by atoms with Crippen LogP contribution in [-0.4, -0.2) is 60.2 Å². The third-order valence-electron chi connectivity index (χ3n) is 4.92. The van der Waals surface area contributed by atoms with E-state index in [1.54, 1.807) is 36.3 Å². The molecule has 0 bridgehead atoms. The monoisotopic (exact) mass is 512 g/mol. The summed E-state index contributed by atoms with van der Waals surface area (Å²) in [5.41, 5.74) is 0.867. The lowest BCUT2D eigenvalue weighted by molar-refractivity contribution is -0.114. The van der Waals surface area contributed by atoms with Crippen molar-refractivity contribution in [2.24, 2.45) is 9.39 Å². The topological polar surface area (TPSA) is 106 Å². The fourth-order valence-corrected chi connectivity index (χ4v) is 4.80. The minimum atomic E-state index is -0.474. The van der Waals surface area contributed by atoms with Gasteiger partial charge in [0.1, 0.15) is 19.0 Å². The number of carbonyl (C=O) groups is 1. The van der Waals surface area contributed by atoms with Crippen LogP contribution in [0.1, 0.15) is 12.5 Å². The number of aliphatic imine (C=N–C) groups is 1. The molecule has 0 unspecified atom stereocenters. The molecule has 35 heavy (non-hydrogen) atoms. The van der Waals surface area contributed by atoms with Gasteiger partial charge in [0.05, 0.1) is 31.2 Å². The predicted molar refractivity (Wildman–Crippen MR) is 140 cm³/mol. The highest BCUT2D eigenvalue weighted by Crippen LogP contribution is 2.33. The van der Waals surface area contributed by atoms with E-state index in [1.165, 1.54) is 11.8 Å². The molecule has 2 aromatic carbocycles. The standard InChI is InChI=1S/C24H24N4O5S2/c1-4-31-20-14-15(13-16-21(25)28-23(26-22(16)29)35-27-24(28)34-3)9-10-19(20)33-12-11-32-18-8-6-5-7-17(18)30-2/h5-10,13-14,25H,4,11-12H2,1-3H3/b16-13-,25-21?. The summed E-state index contributed by atoms with van der Waals surface area (Å²) in [6.07, 6.45) is 3.49. The molecule has 0 aliphatic carbocycles. The Kier molecular flexibility index (Phi) is 7.98. The van der Waals surface area contributed by atoms with Crippen molar-refractivity contribution in [3.63, 3.8) is 0 Å². The molecule has 0 atom stereocenters. The smallest absolute Gasteiger partial charge is 0.283 e. The Morgan fingerprint density at radius 3 is 2.46 bits per heavy atom. The highest BCUT2D eigenvalue weighted by molar-refractivity contribution is 8.18. The molecule has 2 aliphatic rings. The quantitative estimate of drug-likeness (QED) is 0.298. The van der Waals surface area contributed by atoms with Crippen LogP contribution in [0.15, 0.2) is 57.4 Å². The number of hydrogen-bond donors (Lipinski definition) is 1. The van der Waals surface area contributed by atoms with Crippen molar-refractivity contribution in [2.45, 2.75) is 6.92 Å². The van der Waals surface area contributed by atoms with E-state index in [0.717, 1.165) is 11.9 Å². The molecule has 0 saturated carbocycles. The summed E-state index contributed by atoms with van der Waals surface area (Å²) in [7, 11) is 1.59. The van der Waals surface area contributed by atoms with Gasteiger partial charge in [-0.3, -0.25) is 10.2 Å². The molecule has 1 N–H and O–H groups in total. The first-order valence-electron chi connectivity index (χ1n) is 10.7. The molecule has 0 radical (unpaired) electrons. The van der Waals surface area contributed by atoms with Crippen LogP contribution in [0.3, 0.4) is 0 Å². The number of amidine groups is 3. The number of benzene rings is 2. The SMILES string of the molecule is CCOc1cc(/C=C2/C(=N)N3C(SC)=NSC3=NC2=O)ccc1OCCOc1ccccc1OC. The van der Waals surface area contributed by atoms with Crippen molar-refractivity contribution in [1.29, 1.82) is 5.41 Å². The fourth-order valence-electron chi connectivity index (χ4n) is 3.34. The lowest BCUT2D eigenvalue weighted by Crippen LogP contribution is -2.41. The van der Waals surface area contributed by atoms with E-state index in [2.05, 4.69) is 9.39 Å². The Balaban J connectivity index is 1.47. The molecule has 0 spiro atoms. The summed E-state index contributed by atoms with van der Waals surface area (Å²) in [5, 5.41) is 9.56.